The monoisotopic (exact) mass is 282 g/mol. The second kappa shape index (κ2) is 8.35. The van der Waals surface area contributed by atoms with E-state index in [0.717, 1.165) is 25.4 Å². The molecular weight excluding hydrogens is 248 g/mol. The van der Waals surface area contributed by atoms with Gasteiger partial charge in [-0.15, -0.1) is 0 Å². The number of nitrogens with zero attached hydrogens (tertiary/aromatic N) is 1. The first-order valence-corrected chi connectivity index (χ1v) is 8.87. The third-order valence-corrected chi connectivity index (χ3v) is 5.21. The molecule has 0 radical (unpaired) electrons. The first kappa shape index (κ1) is 16.3. The molecule has 3 nitrogen and oxygen atoms in total. The van der Waals surface area contributed by atoms with Crippen LogP contribution in [0.5, 0.6) is 0 Å². The highest BCUT2D eigenvalue weighted by molar-refractivity contribution is 4.87. The van der Waals surface area contributed by atoms with E-state index >= 15 is 0 Å². The van der Waals surface area contributed by atoms with Gasteiger partial charge in [0.1, 0.15) is 0 Å². The molecule has 1 aliphatic carbocycles. The lowest BCUT2D eigenvalue weighted by atomic mass is 9.87. The van der Waals surface area contributed by atoms with E-state index in [2.05, 4.69) is 24.1 Å². The van der Waals surface area contributed by atoms with Crippen LogP contribution < -0.4 is 5.32 Å². The van der Waals surface area contributed by atoms with Crippen molar-refractivity contribution in [3.05, 3.63) is 0 Å². The van der Waals surface area contributed by atoms with Crippen molar-refractivity contribution in [2.75, 3.05) is 19.6 Å². The topological polar surface area (TPSA) is 35.5 Å². The van der Waals surface area contributed by atoms with Crippen molar-refractivity contribution in [2.24, 2.45) is 5.92 Å². The highest BCUT2D eigenvalue weighted by Crippen LogP contribution is 2.24. The minimum absolute atomic E-state index is 0.105. The maximum Gasteiger partial charge on any atom is 0.0540 e. The van der Waals surface area contributed by atoms with Gasteiger partial charge in [0.05, 0.1) is 6.10 Å². The van der Waals surface area contributed by atoms with Gasteiger partial charge >= 0.3 is 0 Å². The lowest BCUT2D eigenvalue weighted by Crippen LogP contribution is -2.52. The number of aliphatic hydroxyl groups excluding tert-OH is 1. The number of hydrogen-bond acceptors (Lipinski definition) is 3. The van der Waals surface area contributed by atoms with Crippen molar-refractivity contribution in [1.29, 1.82) is 0 Å². The molecule has 0 bridgehead atoms. The van der Waals surface area contributed by atoms with E-state index in [1.54, 1.807) is 0 Å². The third-order valence-electron chi connectivity index (χ3n) is 5.21. The molecule has 1 saturated carbocycles. The minimum atomic E-state index is -0.105. The Bertz CT molecular complexity index is 264. The summed E-state index contributed by atoms with van der Waals surface area (Å²) in [6, 6.07) is 1.39. The highest BCUT2D eigenvalue weighted by atomic mass is 16.3. The molecule has 2 N–H and O–H groups in total. The van der Waals surface area contributed by atoms with E-state index in [1.807, 2.05) is 0 Å². The fourth-order valence-corrected chi connectivity index (χ4v) is 4.01. The molecule has 0 aromatic carbocycles. The van der Waals surface area contributed by atoms with E-state index in [4.69, 9.17) is 0 Å². The summed E-state index contributed by atoms with van der Waals surface area (Å²) in [6.45, 7) is 7.86. The fraction of sp³-hybridized carbons (Fsp3) is 1.00. The molecule has 3 unspecified atom stereocenters. The van der Waals surface area contributed by atoms with Crippen LogP contribution in [0.15, 0.2) is 0 Å². The van der Waals surface area contributed by atoms with Crippen LogP contribution in [0, 0.1) is 5.92 Å². The predicted octanol–water partition coefficient (Wildman–Crippen LogP) is 2.78. The Kier molecular flexibility index (Phi) is 6.79. The third kappa shape index (κ3) is 5.01. The van der Waals surface area contributed by atoms with Crippen LogP contribution in [-0.2, 0) is 0 Å². The van der Waals surface area contributed by atoms with Crippen LogP contribution in [0.4, 0.5) is 0 Å². The highest BCUT2D eigenvalue weighted by Gasteiger charge is 2.29. The standard InChI is InChI=1S/C17H34N2O/c1-3-17(20)11-14-10-16(13-19(4-2)12-14)18-15-8-6-5-7-9-15/h14-18,20H,3-13H2,1-2H3. The van der Waals surface area contributed by atoms with Crippen molar-refractivity contribution in [3.8, 4) is 0 Å². The number of piperidine rings is 1. The lowest BCUT2D eigenvalue weighted by molar-refractivity contribution is 0.0822. The summed E-state index contributed by atoms with van der Waals surface area (Å²) in [7, 11) is 0. The van der Waals surface area contributed by atoms with E-state index in [0.29, 0.717) is 12.0 Å². The van der Waals surface area contributed by atoms with Crippen molar-refractivity contribution < 1.29 is 5.11 Å². The van der Waals surface area contributed by atoms with Crippen LogP contribution in [0.25, 0.3) is 0 Å². The van der Waals surface area contributed by atoms with Gasteiger partial charge in [0.15, 0.2) is 0 Å². The molecule has 0 aromatic rings. The molecule has 3 heteroatoms. The molecule has 20 heavy (non-hydrogen) atoms. The molecule has 2 fully saturated rings. The second-order valence-electron chi connectivity index (χ2n) is 6.95. The summed E-state index contributed by atoms with van der Waals surface area (Å²) in [5, 5.41) is 13.9. The average molecular weight is 282 g/mol. The summed E-state index contributed by atoms with van der Waals surface area (Å²) in [5.41, 5.74) is 0. The summed E-state index contributed by atoms with van der Waals surface area (Å²) < 4.78 is 0. The molecule has 1 aliphatic heterocycles. The smallest absolute Gasteiger partial charge is 0.0540 e. The summed E-state index contributed by atoms with van der Waals surface area (Å²) in [4.78, 5) is 2.57. The molecule has 1 saturated heterocycles. The van der Waals surface area contributed by atoms with E-state index < -0.39 is 0 Å². The van der Waals surface area contributed by atoms with Gasteiger partial charge in [-0.05, 0) is 44.6 Å². The largest absolute Gasteiger partial charge is 0.393 e. The molecule has 118 valence electrons. The quantitative estimate of drug-likeness (QED) is 0.786. The maximum absolute atomic E-state index is 9.94. The summed E-state index contributed by atoms with van der Waals surface area (Å²) >= 11 is 0. The first-order valence-electron chi connectivity index (χ1n) is 8.87. The summed E-state index contributed by atoms with van der Waals surface area (Å²) in [6.07, 6.45) is 9.99. The number of likely N-dealkylation sites (N-methyl/N-ethyl adjacent to an activating group) is 1. The Labute approximate surface area is 125 Å². The van der Waals surface area contributed by atoms with Crippen molar-refractivity contribution in [3.63, 3.8) is 0 Å². The number of nitrogens with one attached hydrogen (secondary N) is 1. The number of hydrogen-bond donors (Lipinski definition) is 2. The Morgan fingerprint density at radius 1 is 1.10 bits per heavy atom. The number of likely N-dealkylation sites (tertiary alicyclic amines) is 1. The van der Waals surface area contributed by atoms with Crippen LogP contribution in [0.2, 0.25) is 0 Å². The number of rotatable bonds is 6. The molecule has 2 rings (SSSR count). The van der Waals surface area contributed by atoms with Gasteiger partial charge in [-0.3, -0.25) is 0 Å². The minimum Gasteiger partial charge on any atom is -0.393 e. The van der Waals surface area contributed by atoms with Gasteiger partial charge in [0, 0.05) is 25.2 Å². The number of aliphatic hydroxyl groups is 1. The van der Waals surface area contributed by atoms with Crippen LogP contribution >= 0.6 is 0 Å². The second-order valence-corrected chi connectivity index (χ2v) is 6.95. The molecule has 0 spiro atoms. The maximum atomic E-state index is 9.94. The average Bonchev–Trinajstić information content (AvgIpc) is 2.47. The zero-order valence-corrected chi connectivity index (χ0v) is 13.5. The van der Waals surface area contributed by atoms with E-state index in [9.17, 15) is 5.11 Å². The van der Waals surface area contributed by atoms with Gasteiger partial charge in [-0.2, -0.15) is 0 Å². The van der Waals surface area contributed by atoms with Crippen molar-refractivity contribution >= 4 is 0 Å². The predicted molar refractivity (Wildman–Crippen MR) is 84.9 cm³/mol. The molecule has 3 atom stereocenters. The van der Waals surface area contributed by atoms with E-state index in [1.165, 1.54) is 51.6 Å². The van der Waals surface area contributed by atoms with Crippen LogP contribution in [-0.4, -0.2) is 47.8 Å². The lowest BCUT2D eigenvalue weighted by Gasteiger charge is -2.40. The molecular formula is C17H34N2O. The van der Waals surface area contributed by atoms with Crippen molar-refractivity contribution in [1.82, 2.24) is 10.2 Å². The van der Waals surface area contributed by atoms with Gasteiger partial charge in [-0.25, -0.2) is 0 Å². The van der Waals surface area contributed by atoms with Gasteiger partial charge in [0.25, 0.3) is 0 Å². The normalized spacial score (nSPS) is 31.4. The van der Waals surface area contributed by atoms with Crippen LogP contribution in [0.1, 0.15) is 65.2 Å². The fourth-order valence-electron chi connectivity index (χ4n) is 4.01. The van der Waals surface area contributed by atoms with Gasteiger partial charge in [-0.1, -0.05) is 33.1 Å². The zero-order chi connectivity index (χ0) is 14.4. The zero-order valence-electron chi connectivity index (χ0n) is 13.5. The first-order chi connectivity index (χ1) is 9.71. The van der Waals surface area contributed by atoms with E-state index in [-0.39, 0.29) is 6.10 Å². The Morgan fingerprint density at radius 2 is 1.85 bits per heavy atom. The van der Waals surface area contributed by atoms with Crippen molar-refractivity contribution in [2.45, 2.75) is 83.4 Å². The molecule has 0 aromatic heterocycles. The Hall–Kier alpha value is -0.120. The molecule has 2 aliphatic rings. The van der Waals surface area contributed by atoms with Gasteiger partial charge in [0.2, 0.25) is 0 Å². The van der Waals surface area contributed by atoms with Gasteiger partial charge < -0.3 is 15.3 Å². The molecule has 1 heterocycles. The SMILES string of the molecule is CCC(O)CC1CC(NC2CCCCC2)CN(CC)C1. The Balaban J connectivity index is 1.83. The Morgan fingerprint density at radius 3 is 2.50 bits per heavy atom. The molecule has 0 amide bonds. The van der Waals surface area contributed by atoms with Crippen LogP contribution in [0.3, 0.4) is 0 Å². The summed E-state index contributed by atoms with van der Waals surface area (Å²) in [5.74, 6) is 0.666.